The first-order valence-electron chi connectivity index (χ1n) is 5.18. The Morgan fingerprint density at radius 1 is 1.56 bits per heavy atom. The number of nitrogens with zero attached hydrogens (tertiary/aromatic N) is 2. The lowest BCUT2D eigenvalue weighted by atomic mass is 9.97. The van der Waals surface area contributed by atoms with E-state index >= 15 is 0 Å². The van der Waals surface area contributed by atoms with E-state index < -0.39 is 0 Å². The van der Waals surface area contributed by atoms with Crippen molar-refractivity contribution in [3.8, 4) is 0 Å². The van der Waals surface area contributed by atoms with Crippen LogP contribution in [0.4, 0.5) is 0 Å². The number of allylic oxidation sites excluding steroid dienone is 4. The highest BCUT2D eigenvalue weighted by atomic mass is 16.5. The quantitative estimate of drug-likeness (QED) is 0.711. The summed E-state index contributed by atoms with van der Waals surface area (Å²) in [6, 6.07) is 1.79. The molecule has 84 valence electrons. The van der Waals surface area contributed by atoms with Gasteiger partial charge < -0.3 is 4.74 Å². The van der Waals surface area contributed by atoms with Crippen LogP contribution in [0.15, 0.2) is 30.4 Å². The maximum atomic E-state index is 11.4. The standard InChI is InChI=1S/C12H14N2O2/c1-14-11(12(15)16-2)8-10(13-14)9-6-4-3-5-7-9/h3-6,8-9H,7H2,1-2H3. The summed E-state index contributed by atoms with van der Waals surface area (Å²) in [7, 11) is 3.12. The molecule has 2 rings (SSSR count). The van der Waals surface area contributed by atoms with Gasteiger partial charge in [-0.15, -0.1) is 0 Å². The number of aromatic nitrogens is 2. The molecule has 0 N–H and O–H groups in total. The van der Waals surface area contributed by atoms with Crippen LogP contribution in [-0.4, -0.2) is 22.9 Å². The Labute approximate surface area is 94.2 Å². The summed E-state index contributed by atoms with van der Waals surface area (Å²) in [6.45, 7) is 0. The molecular formula is C12H14N2O2. The van der Waals surface area contributed by atoms with Crippen molar-refractivity contribution in [3.05, 3.63) is 41.8 Å². The predicted octanol–water partition coefficient (Wildman–Crippen LogP) is 1.81. The van der Waals surface area contributed by atoms with Crippen LogP contribution < -0.4 is 0 Å². The van der Waals surface area contributed by atoms with Crippen molar-refractivity contribution >= 4 is 5.97 Å². The van der Waals surface area contributed by atoms with Gasteiger partial charge in [-0.25, -0.2) is 4.79 Å². The molecule has 4 nitrogen and oxygen atoms in total. The number of carbonyl (C=O) groups is 1. The topological polar surface area (TPSA) is 44.1 Å². The molecule has 4 heteroatoms. The summed E-state index contributed by atoms with van der Waals surface area (Å²) < 4.78 is 6.25. The average Bonchev–Trinajstić information content (AvgIpc) is 2.71. The van der Waals surface area contributed by atoms with Crippen LogP contribution in [0.5, 0.6) is 0 Å². The molecular weight excluding hydrogens is 204 g/mol. The Morgan fingerprint density at radius 3 is 3.00 bits per heavy atom. The first kappa shape index (κ1) is 10.7. The molecule has 0 amide bonds. The van der Waals surface area contributed by atoms with Crippen LogP contribution in [0.1, 0.15) is 28.5 Å². The fourth-order valence-corrected chi connectivity index (χ4v) is 1.77. The number of rotatable bonds is 2. The van der Waals surface area contributed by atoms with E-state index in [0.29, 0.717) is 5.69 Å². The molecule has 0 aromatic carbocycles. The number of methoxy groups -OCH3 is 1. The maximum absolute atomic E-state index is 11.4. The molecule has 1 heterocycles. The molecule has 1 aliphatic carbocycles. The Hall–Kier alpha value is -1.84. The highest BCUT2D eigenvalue weighted by molar-refractivity contribution is 5.87. The van der Waals surface area contributed by atoms with Crippen LogP contribution in [0.25, 0.3) is 0 Å². The van der Waals surface area contributed by atoms with E-state index in [1.54, 1.807) is 17.8 Å². The molecule has 1 aromatic heterocycles. The van der Waals surface area contributed by atoms with E-state index in [1.165, 1.54) is 7.11 Å². The van der Waals surface area contributed by atoms with Crippen molar-refractivity contribution in [1.29, 1.82) is 0 Å². The molecule has 0 bridgehead atoms. The zero-order chi connectivity index (χ0) is 11.5. The van der Waals surface area contributed by atoms with E-state index in [9.17, 15) is 4.79 Å². The van der Waals surface area contributed by atoms with Gasteiger partial charge in [-0.05, 0) is 12.5 Å². The normalized spacial score (nSPS) is 18.8. The molecule has 1 aliphatic rings. The van der Waals surface area contributed by atoms with Crippen molar-refractivity contribution in [3.63, 3.8) is 0 Å². The fraction of sp³-hybridized carbons (Fsp3) is 0.333. The summed E-state index contributed by atoms with van der Waals surface area (Å²) in [5.74, 6) is -0.0915. The van der Waals surface area contributed by atoms with Gasteiger partial charge in [-0.1, -0.05) is 24.3 Å². The Morgan fingerprint density at radius 2 is 2.38 bits per heavy atom. The summed E-state index contributed by atoms with van der Waals surface area (Å²) >= 11 is 0. The molecule has 0 saturated heterocycles. The van der Waals surface area contributed by atoms with Crippen molar-refractivity contribution in [2.45, 2.75) is 12.3 Å². The van der Waals surface area contributed by atoms with E-state index in [4.69, 9.17) is 0 Å². The van der Waals surface area contributed by atoms with Crippen molar-refractivity contribution < 1.29 is 9.53 Å². The van der Waals surface area contributed by atoms with Gasteiger partial charge in [0.25, 0.3) is 0 Å². The van der Waals surface area contributed by atoms with Gasteiger partial charge in [0.1, 0.15) is 5.69 Å². The SMILES string of the molecule is COC(=O)c1cc(C2C=CC=CC2)nn1C. The molecule has 1 atom stereocenters. The zero-order valence-corrected chi connectivity index (χ0v) is 9.38. The van der Waals surface area contributed by atoms with Gasteiger partial charge in [-0.2, -0.15) is 5.10 Å². The van der Waals surface area contributed by atoms with Crippen LogP contribution in [-0.2, 0) is 11.8 Å². The average molecular weight is 218 g/mol. The van der Waals surface area contributed by atoms with Gasteiger partial charge in [0, 0.05) is 13.0 Å². The van der Waals surface area contributed by atoms with Gasteiger partial charge >= 0.3 is 5.97 Å². The second-order valence-corrected chi connectivity index (χ2v) is 3.72. The van der Waals surface area contributed by atoms with Crippen LogP contribution in [0, 0.1) is 0 Å². The van der Waals surface area contributed by atoms with Gasteiger partial charge in [0.05, 0.1) is 12.8 Å². The summed E-state index contributed by atoms with van der Waals surface area (Å²) in [4.78, 5) is 11.4. The van der Waals surface area contributed by atoms with E-state index in [1.807, 2.05) is 12.2 Å². The Bertz CT molecular complexity index is 458. The minimum atomic E-state index is -0.350. The largest absolute Gasteiger partial charge is 0.464 e. The van der Waals surface area contributed by atoms with Gasteiger partial charge in [0.2, 0.25) is 0 Å². The summed E-state index contributed by atoms with van der Waals surface area (Å²) in [5.41, 5.74) is 1.39. The number of aryl methyl sites for hydroxylation is 1. The number of carbonyl (C=O) groups excluding carboxylic acids is 1. The number of hydrogen-bond acceptors (Lipinski definition) is 3. The smallest absolute Gasteiger partial charge is 0.356 e. The number of hydrogen-bond donors (Lipinski definition) is 0. The highest BCUT2D eigenvalue weighted by Gasteiger charge is 2.18. The minimum Gasteiger partial charge on any atom is -0.464 e. The molecule has 1 aromatic rings. The molecule has 16 heavy (non-hydrogen) atoms. The van der Waals surface area contributed by atoms with Crippen molar-refractivity contribution in [2.75, 3.05) is 7.11 Å². The second kappa shape index (κ2) is 4.35. The number of ether oxygens (including phenoxy) is 1. The summed E-state index contributed by atoms with van der Waals surface area (Å²) in [6.07, 6.45) is 9.12. The monoisotopic (exact) mass is 218 g/mol. The first-order valence-corrected chi connectivity index (χ1v) is 5.18. The fourth-order valence-electron chi connectivity index (χ4n) is 1.77. The maximum Gasteiger partial charge on any atom is 0.356 e. The van der Waals surface area contributed by atoms with Gasteiger partial charge in [0.15, 0.2) is 0 Å². The third-order valence-electron chi connectivity index (χ3n) is 2.65. The van der Waals surface area contributed by atoms with E-state index in [2.05, 4.69) is 22.0 Å². The van der Waals surface area contributed by atoms with Crippen molar-refractivity contribution in [2.24, 2.45) is 7.05 Å². The molecule has 0 saturated carbocycles. The Balaban J connectivity index is 2.27. The third-order valence-corrected chi connectivity index (χ3v) is 2.65. The lowest BCUT2D eigenvalue weighted by Gasteiger charge is -2.08. The molecule has 1 unspecified atom stereocenters. The zero-order valence-electron chi connectivity index (χ0n) is 9.38. The third kappa shape index (κ3) is 1.91. The molecule has 0 spiro atoms. The Kier molecular flexibility index (Phi) is 2.90. The van der Waals surface area contributed by atoms with Crippen LogP contribution >= 0.6 is 0 Å². The van der Waals surface area contributed by atoms with Crippen LogP contribution in [0.3, 0.4) is 0 Å². The molecule has 0 radical (unpaired) electrons. The van der Waals surface area contributed by atoms with Gasteiger partial charge in [-0.3, -0.25) is 4.68 Å². The first-order chi connectivity index (χ1) is 7.72. The highest BCUT2D eigenvalue weighted by Crippen LogP contribution is 2.24. The predicted molar refractivity (Wildman–Crippen MR) is 60.2 cm³/mol. The van der Waals surface area contributed by atoms with E-state index in [0.717, 1.165) is 12.1 Å². The van der Waals surface area contributed by atoms with Crippen molar-refractivity contribution in [1.82, 2.24) is 9.78 Å². The minimum absolute atomic E-state index is 0.259. The lowest BCUT2D eigenvalue weighted by molar-refractivity contribution is 0.0588. The molecule has 0 aliphatic heterocycles. The van der Waals surface area contributed by atoms with E-state index in [-0.39, 0.29) is 11.9 Å². The number of esters is 1. The summed E-state index contributed by atoms with van der Waals surface area (Å²) in [5, 5.41) is 4.33. The second-order valence-electron chi connectivity index (χ2n) is 3.72. The van der Waals surface area contributed by atoms with Crippen LogP contribution in [0.2, 0.25) is 0 Å². The molecule has 0 fully saturated rings. The lowest BCUT2D eigenvalue weighted by Crippen LogP contribution is -2.07.